The van der Waals surface area contributed by atoms with E-state index in [1.54, 1.807) is 0 Å². The summed E-state index contributed by atoms with van der Waals surface area (Å²) in [5, 5.41) is 9.35. The van der Waals surface area contributed by atoms with E-state index in [1.165, 1.54) is 13.0 Å². The molecule has 2 fully saturated rings. The number of likely N-dealkylation sites (N-methyl/N-ethyl adjacent to an activating group) is 1. The van der Waals surface area contributed by atoms with Gasteiger partial charge in [0.1, 0.15) is 0 Å². The van der Waals surface area contributed by atoms with Crippen LogP contribution in [0.2, 0.25) is 0 Å². The molecule has 1 saturated heterocycles. The van der Waals surface area contributed by atoms with E-state index in [0.717, 1.165) is 12.3 Å². The number of hydrogen-bond acceptors (Lipinski definition) is 2. The normalized spacial score (nSPS) is 42.0. The van der Waals surface area contributed by atoms with Gasteiger partial charge in [-0.3, -0.25) is 0 Å². The van der Waals surface area contributed by atoms with E-state index in [0.29, 0.717) is 6.04 Å². The van der Waals surface area contributed by atoms with E-state index in [4.69, 9.17) is 0 Å². The second kappa shape index (κ2) is 3.55. The SMILES string of the molecule is CC.CN1C[C@@H]2C[C@@H](O)[C@H]1C2. The predicted molar refractivity (Wildman–Crippen MR) is 46.5 cm³/mol. The number of likely N-dealkylation sites (tertiary alicyclic amines) is 1. The first kappa shape index (κ1) is 9.01. The van der Waals surface area contributed by atoms with Crippen LogP contribution < -0.4 is 0 Å². The van der Waals surface area contributed by atoms with Gasteiger partial charge in [0.05, 0.1) is 6.10 Å². The topological polar surface area (TPSA) is 23.5 Å². The fourth-order valence-electron chi connectivity index (χ4n) is 2.26. The maximum atomic E-state index is 9.35. The molecule has 0 amide bonds. The summed E-state index contributed by atoms with van der Waals surface area (Å²) in [6.45, 7) is 5.21. The molecule has 0 unspecified atom stereocenters. The highest BCUT2D eigenvalue weighted by molar-refractivity contribution is 4.96. The van der Waals surface area contributed by atoms with Crippen molar-refractivity contribution >= 4 is 0 Å². The summed E-state index contributed by atoms with van der Waals surface area (Å²) in [6.07, 6.45) is 2.26. The van der Waals surface area contributed by atoms with Gasteiger partial charge in [-0.1, -0.05) is 13.8 Å². The van der Waals surface area contributed by atoms with Crippen molar-refractivity contribution < 1.29 is 5.11 Å². The Morgan fingerprint density at radius 3 is 2.18 bits per heavy atom. The molecule has 0 spiro atoms. The summed E-state index contributed by atoms with van der Waals surface area (Å²) in [5.74, 6) is 0.801. The fraction of sp³-hybridized carbons (Fsp3) is 1.00. The fourth-order valence-corrected chi connectivity index (χ4v) is 2.26. The summed E-state index contributed by atoms with van der Waals surface area (Å²) >= 11 is 0. The minimum Gasteiger partial charge on any atom is -0.391 e. The van der Waals surface area contributed by atoms with Crippen LogP contribution in [0.3, 0.4) is 0 Å². The molecule has 2 nitrogen and oxygen atoms in total. The van der Waals surface area contributed by atoms with E-state index in [9.17, 15) is 5.11 Å². The number of aliphatic hydroxyl groups is 1. The summed E-state index contributed by atoms with van der Waals surface area (Å²) < 4.78 is 0. The number of nitrogens with zero attached hydrogens (tertiary/aromatic N) is 1. The molecule has 0 aromatic heterocycles. The average molecular weight is 157 g/mol. The molecule has 1 saturated carbocycles. The molecule has 3 atom stereocenters. The van der Waals surface area contributed by atoms with Crippen LogP contribution in [-0.2, 0) is 0 Å². The maximum Gasteiger partial charge on any atom is 0.0698 e. The van der Waals surface area contributed by atoms with Gasteiger partial charge in [0.25, 0.3) is 0 Å². The van der Waals surface area contributed by atoms with Crippen molar-refractivity contribution in [1.82, 2.24) is 4.90 Å². The Labute approximate surface area is 69.2 Å². The van der Waals surface area contributed by atoms with Gasteiger partial charge in [0.15, 0.2) is 0 Å². The summed E-state index contributed by atoms with van der Waals surface area (Å²) in [4.78, 5) is 2.28. The van der Waals surface area contributed by atoms with E-state index >= 15 is 0 Å². The lowest BCUT2D eigenvalue weighted by atomic mass is 10.1. The third-order valence-corrected chi connectivity index (χ3v) is 2.71. The van der Waals surface area contributed by atoms with Crippen molar-refractivity contribution in [2.24, 2.45) is 5.92 Å². The molecule has 0 radical (unpaired) electrons. The van der Waals surface area contributed by atoms with Gasteiger partial charge in [-0.2, -0.15) is 0 Å². The quantitative estimate of drug-likeness (QED) is 0.569. The molecule has 1 N–H and O–H groups in total. The van der Waals surface area contributed by atoms with Gasteiger partial charge in [-0.15, -0.1) is 0 Å². The molecular weight excluding hydrogens is 138 g/mol. The largest absolute Gasteiger partial charge is 0.391 e. The first-order chi connectivity index (χ1) is 5.27. The van der Waals surface area contributed by atoms with Crippen LogP contribution in [0, 0.1) is 5.92 Å². The molecule has 0 aromatic carbocycles. The lowest BCUT2D eigenvalue weighted by Crippen LogP contribution is -2.37. The zero-order chi connectivity index (χ0) is 8.43. The molecule has 2 heteroatoms. The molecule has 2 rings (SSSR count). The highest BCUT2D eigenvalue weighted by Crippen LogP contribution is 2.36. The standard InChI is InChI=1S/C7H13NO.C2H6/c1-8-4-5-2-6(8)7(9)3-5;1-2/h5-7,9H,2-4H2,1H3;1-2H3/t5-,6+,7+;/m0./s1. The molecule has 2 aliphatic rings. The zero-order valence-electron chi connectivity index (χ0n) is 7.75. The van der Waals surface area contributed by atoms with Crippen LogP contribution in [-0.4, -0.2) is 35.7 Å². The Bertz CT molecular complexity index is 115. The smallest absolute Gasteiger partial charge is 0.0698 e. The molecule has 1 aliphatic heterocycles. The zero-order valence-corrected chi connectivity index (χ0v) is 7.75. The second-order valence-electron chi connectivity index (χ2n) is 3.41. The highest BCUT2D eigenvalue weighted by atomic mass is 16.3. The monoisotopic (exact) mass is 157 g/mol. The van der Waals surface area contributed by atoms with Crippen LogP contribution in [0.25, 0.3) is 0 Å². The number of piperidine rings is 1. The van der Waals surface area contributed by atoms with Crippen LogP contribution in [0.15, 0.2) is 0 Å². The summed E-state index contributed by atoms with van der Waals surface area (Å²) in [7, 11) is 2.10. The van der Waals surface area contributed by atoms with E-state index in [1.807, 2.05) is 13.8 Å². The van der Waals surface area contributed by atoms with Gasteiger partial charge < -0.3 is 10.0 Å². The van der Waals surface area contributed by atoms with Gasteiger partial charge in [-0.05, 0) is 25.8 Å². The van der Waals surface area contributed by atoms with Crippen molar-refractivity contribution in [1.29, 1.82) is 0 Å². The first-order valence-corrected chi connectivity index (χ1v) is 4.65. The van der Waals surface area contributed by atoms with Gasteiger partial charge >= 0.3 is 0 Å². The molecule has 1 aliphatic carbocycles. The van der Waals surface area contributed by atoms with Crippen molar-refractivity contribution in [2.75, 3.05) is 13.6 Å². The Hall–Kier alpha value is -0.0800. The van der Waals surface area contributed by atoms with Crippen molar-refractivity contribution in [3.63, 3.8) is 0 Å². The lowest BCUT2D eigenvalue weighted by molar-refractivity contribution is 0.0714. The Kier molecular flexibility index (Phi) is 2.90. The number of fused-ring (bicyclic) bond motifs is 2. The van der Waals surface area contributed by atoms with Crippen LogP contribution in [0.5, 0.6) is 0 Å². The Balaban J connectivity index is 0.000000281. The van der Waals surface area contributed by atoms with Crippen molar-refractivity contribution in [3.05, 3.63) is 0 Å². The molecule has 0 aromatic rings. The second-order valence-corrected chi connectivity index (χ2v) is 3.41. The molecular formula is C9H19NO. The van der Waals surface area contributed by atoms with Crippen molar-refractivity contribution in [2.45, 2.75) is 38.8 Å². The highest BCUT2D eigenvalue weighted by Gasteiger charge is 2.41. The molecule has 2 bridgehead atoms. The van der Waals surface area contributed by atoms with Crippen molar-refractivity contribution in [3.8, 4) is 0 Å². The van der Waals surface area contributed by atoms with E-state index in [-0.39, 0.29) is 6.10 Å². The molecule has 1 heterocycles. The van der Waals surface area contributed by atoms with Gasteiger partial charge in [-0.25, -0.2) is 0 Å². The maximum absolute atomic E-state index is 9.35. The van der Waals surface area contributed by atoms with E-state index in [2.05, 4.69) is 11.9 Å². The Morgan fingerprint density at radius 1 is 1.27 bits per heavy atom. The molecule has 11 heavy (non-hydrogen) atoms. The summed E-state index contributed by atoms with van der Waals surface area (Å²) in [6, 6.07) is 0.495. The number of rotatable bonds is 0. The number of aliphatic hydroxyl groups excluding tert-OH is 1. The lowest BCUT2D eigenvalue weighted by Gasteiger charge is -2.25. The minimum atomic E-state index is -0.0197. The van der Waals surface area contributed by atoms with Gasteiger partial charge in [0.2, 0.25) is 0 Å². The first-order valence-electron chi connectivity index (χ1n) is 4.65. The predicted octanol–water partition coefficient (Wildman–Crippen LogP) is 1.10. The van der Waals surface area contributed by atoms with Crippen LogP contribution in [0.1, 0.15) is 26.7 Å². The van der Waals surface area contributed by atoms with Crippen LogP contribution >= 0.6 is 0 Å². The van der Waals surface area contributed by atoms with Crippen LogP contribution in [0.4, 0.5) is 0 Å². The number of hydrogen-bond donors (Lipinski definition) is 1. The van der Waals surface area contributed by atoms with Gasteiger partial charge in [0, 0.05) is 12.6 Å². The summed E-state index contributed by atoms with van der Waals surface area (Å²) in [5.41, 5.74) is 0. The third kappa shape index (κ3) is 1.57. The minimum absolute atomic E-state index is 0.0197. The molecule has 66 valence electrons. The van der Waals surface area contributed by atoms with E-state index < -0.39 is 0 Å². The average Bonchev–Trinajstić information content (AvgIpc) is 2.49. The Morgan fingerprint density at radius 2 is 1.91 bits per heavy atom. The third-order valence-electron chi connectivity index (χ3n) is 2.71.